The maximum atomic E-state index is 13.4. The molecule has 0 unspecified atom stereocenters. The van der Waals surface area contributed by atoms with Gasteiger partial charge in [-0.1, -0.05) is 48.5 Å². The highest BCUT2D eigenvalue weighted by Crippen LogP contribution is 2.28. The van der Waals surface area contributed by atoms with Crippen molar-refractivity contribution in [3.05, 3.63) is 90.6 Å². The Morgan fingerprint density at radius 1 is 0.825 bits per heavy atom. The Hall–Kier alpha value is -3.95. The van der Waals surface area contributed by atoms with Gasteiger partial charge in [-0.3, -0.25) is 0 Å². The van der Waals surface area contributed by atoms with E-state index in [1.165, 1.54) is 3.97 Å². The van der Waals surface area contributed by atoms with Gasteiger partial charge in [0.2, 0.25) is 5.95 Å². The van der Waals surface area contributed by atoms with Crippen LogP contribution in [-0.4, -0.2) is 48.5 Å². The van der Waals surface area contributed by atoms with E-state index in [4.69, 9.17) is 9.97 Å². The molecule has 2 heterocycles. The molecule has 0 saturated heterocycles. The first-order chi connectivity index (χ1) is 19.4. The average Bonchev–Trinajstić information content (AvgIpc) is 3.36. The molecule has 2 aromatic heterocycles. The summed E-state index contributed by atoms with van der Waals surface area (Å²) in [6, 6.07) is 25.1. The molecule has 1 fully saturated rings. The Morgan fingerprint density at radius 2 is 1.48 bits per heavy atom. The van der Waals surface area contributed by atoms with Crippen LogP contribution in [0.5, 0.6) is 0 Å². The number of fused-ring (bicyclic) bond motifs is 2. The van der Waals surface area contributed by atoms with Crippen molar-refractivity contribution in [3.8, 4) is 0 Å². The number of nitrogens with one attached hydrogen (secondary N) is 2. The van der Waals surface area contributed by atoms with Crippen molar-refractivity contribution in [1.82, 2.24) is 19.3 Å². The number of hydrogen-bond donors (Lipinski definition) is 2. The quantitative estimate of drug-likeness (QED) is 0.265. The summed E-state index contributed by atoms with van der Waals surface area (Å²) >= 11 is 0. The van der Waals surface area contributed by atoms with Crippen LogP contribution in [0, 0.1) is 0 Å². The summed E-state index contributed by atoms with van der Waals surface area (Å²) in [5.41, 5.74) is 2.62. The van der Waals surface area contributed by atoms with E-state index < -0.39 is 10.0 Å². The van der Waals surface area contributed by atoms with Crippen molar-refractivity contribution < 1.29 is 8.42 Å². The molecule has 0 atom stereocenters. The van der Waals surface area contributed by atoms with Gasteiger partial charge in [0.25, 0.3) is 10.0 Å². The summed E-state index contributed by atoms with van der Waals surface area (Å²) in [6.07, 6.45) is 5.83. The molecular formula is C31H34N6O2S. The van der Waals surface area contributed by atoms with Crippen LogP contribution in [0.15, 0.2) is 90.0 Å². The largest absolute Gasteiger partial charge is 0.362 e. The van der Waals surface area contributed by atoms with Gasteiger partial charge in [0.1, 0.15) is 5.82 Å². The fourth-order valence-electron chi connectivity index (χ4n) is 5.61. The van der Waals surface area contributed by atoms with Crippen molar-refractivity contribution in [3.63, 3.8) is 0 Å². The van der Waals surface area contributed by atoms with Crippen molar-refractivity contribution in [2.75, 3.05) is 24.3 Å². The zero-order valence-electron chi connectivity index (χ0n) is 22.8. The van der Waals surface area contributed by atoms with E-state index in [0.29, 0.717) is 30.1 Å². The Bertz CT molecular complexity index is 1740. The lowest BCUT2D eigenvalue weighted by molar-refractivity contribution is 0.352. The van der Waals surface area contributed by atoms with E-state index in [-0.39, 0.29) is 4.90 Å². The maximum absolute atomic E-state index is 13.4. The molecule has 9 heteroatoms. The lowest BCUT2D eigenvalue weighted by Crippen LogP contribution is -2.37. The predicted octanol–water partition coefficient (Wildman–Crippen LogP) is 5.40. The zero-order chi connectivity index (χ0) is 27.7. The minimum absolute atomic E-state index is 0.286. The normalized spacial score (nSPS) is 17.8. The molecule has 1 saturated carbocycles. The van der Waals surface area contributed by atoms with Crippen molar-refractivity contribution >= 4 is 43.6 Å². The maximum Gasteiger partial charge on any atom is 0.268 e. The number of nitrogens with zero attached hydrogens (tertiary/aromatic N) is 4. The molecule has 40 heavy (non-hydrogen) atoms. The highest BCUT2D eigenvalue weighted by Gasteiger charge is 2.24. The van der Waals surface area contributed by atoms with E-state index in [2.05, 4.69) is 16.7 Å². The minimum atomic E-state index is -3.68. The van der Waals surface area contributed by atoms with Gasteiger partial charge >= 0.3 is 0 Å². The molecule has 0 radical (unpaired) electrons. The van der Waals surface area contributed by atoms with Crippen LogP contribution in [0.1, 0.15) is 31.2 Å². The molecular weight excluding hydrogens is 520 g/mol. The van der Waals surface area contributed by atoms with Gasteiger partial charge in [-0.15, -0.1) is 0 Å². The lowest BCUT2D eigenvalue weighted by atomic mass is 9.91. The first-order valence-corrected chi connectivity index (χ1v) is 15.2. The summed E-state index contributed by atoms with van der Waals surface area (Å²) in [5.74, 6) is 1.59. The number of rotatable bonds is 8. The summed E-state index contributed by atoms with van der Waals surface area (Å²) < 4.78 is 28.2. The molecule has 3 aromatic carbocycles. The smallest absolute Gasteiger partial charge is 0.268 e. The van der Waals surface area contributed by atoms with Crippen LogP contribution >= 0.6 is 0 Å². The molecule has 0 spiro atoms. The first-order valence-electron chi connectivity index (χ1n) is 13.7. The molecule has 0 aliphatic heterocycles. The molecule has 206 valence electrons. The Morgan fingerprint density at radius 3 is 2.23 bits per heavy atom. The summed E-state index contributed by atoms with van der Waals surface area (Å²) in [7, 11) is 0.326. The third-order valence-electron chi connectivity index (χ3n) is 7.71. The first kappa shape index (κ1) is 26.3. The van der Waals surface area contributed by atoms with Gasteiger partial charge in [-0.2, -0.15) is 4.98 Å². The third-order valence-corrected chi connectivity index (χ3v) is 9.40. The SMILES string of the molecule is CN(C)c1nc(N[C@H]2CC[C@@H](NCc3cn(S(=O)(=O)c4ccccc4)c4ccccc34)CC2)nc2ccccc12. The van der Waals surface area contributed by atoms with Gasteiger partial charge in [0.05, 0.1) is 15.9 Å². The summed E-state index contributed by atoms with van der Waals surface area (Å²) in [5, 5.41) is 9.27. The van der Waals surface area contributed by atoms with Crippen LogP contribution in [0.3, 0.4) is 0 Å². The molecule has 5 aromatic rings. The molecule has 8 nitrogen and oxygen atoms in total. The van der Waals surface area contributed by atoms with Crippen LogP contribution in [0.25, 0.3) is 21.8 Å². The Labute approximate surface area is 235 Å². The molecule has 1 aliphatic carbocycles. The second kappa shape index (κ2) is 10.9. The van der Waals surface area contributed by atoms with Crippen molar-refractivity contribution in [1.29, 1.82) is 0 Å². The summed E-state index contributed by atoms with van der Waals surface area (Å²) in [6.45, 7) is 0.612. The fourth-order valence-corrected chi connectivity index (χ4v) is 7.02. The van der Waals surface area contributed by atoms with Crippen LogP contribution in [0.4, 0.5) is 11.8 Å². The molecule has 6 rings (SSSR count). The topological polar surface area (TPSA) is 92.2 Å². The van der Waals surface area contributed by atoms with Gasteiger partial charge in [0, 0.05) is 49.7 Å². The molecule has 2 N–H and O–H groups in total. The second-order valence-electron chi connectivity index (χ2n) is 10.6. The van der Waals surface area contributed by atoms with Gasteiger partial charge in [-0.05, 0) is 61.6 Å². The van der Waals surface area contributed by atoms with E-state index >= 15 is 0 Å². The second-order valence-corrected chi connectivity index (χ2v) is 12.5. The number of para-hydroxylation sites is 2. The van der Waals surface area contributed by atoms with Crippen LogP contribution < -0.4 is 15.5 Å². The number of anilines is 2. The number of hydrogen-bond acceptors (Lipinski definition) is 7. The van der Waals surface area contributed by atoms with Crippen LogP contribution in [-0.2, 0) is 16.6 Å². The van der Waals surface area contributed by atoms with Gasteiger partial charge in [-0.25, -0.2) is 17.4 Å². The number of benzene rings is 3. The van der Waals surface area contributed by atoms with Crippen LogP contribution in [0.2, 0.25) is 0 Å². The van der Waals surface area contributed by atoms with Crippen molar-refractivity contribution in [2.24, 2.45) is 0 Å². The third kappa shape index (κ3) is 5.14. The monoisotopic (exact) mass is 554 g/mol. The molecule has 0 bridgehead atoms. The average molecular weight is 555 g/mol. The predicted molar refractivity (Wildman–Crippen MR) is 161 cm³/mol. The Kier molecular flexibility index (Phi) is 7.16. The van der Waals surface area contributed by atoms with E-state index in [1.54, 1.807) is 30.5 Å². The number of aromatic nitrogens is 3. The molecule has 1 aliphatic rings. The highest BCUT2D eigenvalue weighted by molar-refractivity contribution is 7.90. The lowest BCUT2D eigenvalue weighted by Gasteiger charge is -2.30. The van der Waals surface area contributed by atoms with E-state index in [9.17, 15) is 8.42 Å². The highest BCUT2D eigenvalue weighted by atomic mass is 32.2. The van der Waals surface area contributed by atoms with Gasteiger partial charge in [0.15, 0.2) is 0 Å². The fraction of sp³-hybridized carbons (Fsp3) is 0.290. The van der Waals surface area contributed by atoms with E-state index in [0.717, 1.165) is 53.4 Å². The Balaban J connectivity index is 1.12. The van der Waals surface area contributed by atoms with Crippen molar-refractivity contribution in [2.45, 2.75) is 49.2 Å². The van der Waals surface area contributed by atoms with E-state index in [1.807, 2.05) is 67.5 Å². The minimum Gasteiger partial charge on any atom is -0.362 e. The van der Waals surface area contributed by atoms with Gasteiger partial charge < -0.3 is 15.5 Å². The standard InChI is InChI=1S/C31H34N6O2S/c1-36(2)30-27-13-6-8-14-28(27)34-31(35-30)33-24-18-16-23(17-19-24)32-20-22-21-37(29-15-9-7-12-26(22)29)40(38,39)25-10-4-3-5-11-25/h3-15,21,23-24,32H,16-20H2,1-2H3,(H,33,34,35)/t23-,24+. The summed E-state index contributed by atoms with van der Waals surface area (Å²) in [4.78, 5) is 11.9. The zero-order valence-corrected chi connectivity index (χ0v) is 23.6. The molecule has 0 amide bonds.